The summed E-state index contributed by atoms with van der Waals surface area (Å²) in [4.78, 5) is 40.8. The predicted molar refractivity (Wildman–Crippen MR) is 154 cm³/mol. The van der Waals surface area contributed by atoms with Crippen molar-refractivity contribution in [3.8, 4) is 5.75 Å². The largest absolute Gasteiger partial charge is 0.496 e. The molecule has 2 aromatic carbocycles. The van der Waals surface area contributed by atoms with Crippen molar-refractivity contribution in [2.45, 2.75) is 51.8 Å². The van der Waals surface area contributed by atoms with Crippen LogP contribution in [-0.4, -0.2) is 59.6 Å². The first kappa shape index (κ1) is 30.3. The number of methoxy groups -OCH3 is 1. The molecule has 11 heteroatoms. The number of thiocarbonyl (C=S) groups is 1. The van der Waals surface area contributed by atoms with Crippen molar-refractivity contribution in [1.82, 2.24) is 15.5 Å². The van der Waals surface area contributed by atoms with Crippen molar-refractivity contribution in [2.75, 3.05) is 20.2 Å². The molecule has 0 aromatic heterocycles. The van der Waals surface area contributed by atoms with Gasteiger partial charge < -0.3 is 25.8 Å². The molecule has 1 unspecified atom stereocenters. The van der Waals surface area contributed by atoms with Crippen molar-refractivity contribution in [3.05, 3.63) is 64.2 Å². The Bertz CT molecular complexity index is 1230. The third kappa shape index (κ3) is 8.14. The van der Waals surface area contributed by atoms with Gasteiger partial charge in [-0.05, 0) is 75.6 Å². The van der Waals surface area contributed by atoms with Crippen LogP contribution in [0.25, 0.3) is 0 Å². The number of carbonyl (C=O) groups is 3. The Morgan fingerprint density at radius 3 is 2.49 bits per heavy atom. The molecule has 1 heterocycles. The fourth-order valence-corrected chi connectivity index (χ4v) is 4.63. The molecule has 1 aliphatic rings. The molecule has 3 atom stereocenters. The molecule has 3 amide bonds. The van der Waals surface area contributed by atoms with Gasteiger partial charge in [-0.2, -0.15) is 0 Å². The smallest absolute Gasteiger partial charge is 0.338 e. The van der Waals surface area contributed by atoms with Crippen LogP contribution in [0.3, 0.4) is 0 Å². The van der Waals surface area contributed by atoms with Gasteiger partial charge in [0, 0.05) is 17.6 Å². The molecule has 0 spiro atoms. The fourth-order valence-electron chi connectivity index (χ4n) is 4.22. The van der Waals surface area contributed by atoms with Gasteiger partial charge in [0.1, 0.15) is 11.4 Å². The van der Waals surface area contributed by atoms with Crippen LogP contribution in [0.2, 0.25) is 5.02 Å². The van der Waals surface area contributed by atoms with Gasteiger partial charge >= 0.3 is 12.0 Å². The number of imide groups is 1. The summed E-state index contributed by atoms with van der Waals surface area (Å²) in [5.74, 6) is -0.827. The van der Waals surface area contributed by atoms with E-state index in [2.05, 4.69) is 10.6 Å². The van der Waals surface area contributed by atoms with Crippen molar-refractivity contribution in [1.29, 1.82) is 0 Å². The number of nitrogens with zero attached hydrogens (tertiary/aromatic N) is 1. The zero-order chi connectivity index (χ0) is 28.9. The van der Waals surface area contributed by atoms with Crippen molar-refractivity contribution in [3.63, 3.8) is 0 Å². The standard InChI is InChI=1S/C28H35ClN4O5S/c1-16(30)24(17-6-8-18(9-7-17)26(35)38-28(2,3)4)32-27(36)33-15-23(39)31-14-20(25(33)34)12-19-13-21(29)10-11-22(19)37-5/h6-11,13,16,20,24H,12,14-15,30H2,1-5H3,(H,31,39)(H,32,36)/t16?,20-,24-/m0/s1. The van der Waals surface area contributed by atoms with E-state index in [0.717, 1.165) is 10.5 Å². The van der Waals surface area contributed by atoms with E-state index >= 15 is 0 Å². The summed E-state index contributed by atoms with van der Waals surface area (Å²) < 4.78 is 10.8. The van der Waals surface area contributed by atoms with Gasteiger partial charge in [-0.3, -0.25) is 9.69 Å². The number of esters is 1. The minimum atomic E-state index is -0.630. The summed E-state index contributed by atoms with van der Waals surface area (Å²) in [5.41, 5.74) is 7.40. The number of hydrogen-bond donors (Lipinski definition) is 3. The number of halogens is 1. The predicted octanol–water partition coefficient (Wildman–Crippen LogP) is 4.02. The lowest BCUT2D eigenvalue weighted by molar-refractivity contribution is -0.131. The molecule has 1 saturated heterocycles. The number of rotatable bonds is 7. The third-order valence-corrected chi connectivity index (χ3v) is 6.63. The van der Waals surface area contributed by atoms with E-state index in [-0.39, 0.29) is 19.0 Å². The molecular weight excluding hydrogens is 540 g/mol. The second-order valence-electron chi connectivity index (χ2n) is 10.5. The van der Waals surface area contributed by atoms with Gasteiger partial charge in [0.25, 0.3) is 0 Å². The Balaban J connectivity index is 1.79. The van der Waals surface area contributed by atoms with Crippen LogP contribution in [0.4, 0.5) is 4.79 Å². The number of nitrogens with one attached hydrogen (secondary N) is 2. The molecule has 4 N–H and O–H groups in total. The van der Waals surface area contributed by atoms with E-state index in [4.69, 9.17) is 39.0 Å². The zero-order valence-electron chi connectivity index (χ0n) is 22.7. The first-order valence-corrected chi connectivity index (χ1v) is 13.4. The lowest BCUT2D eigenvalue weighted by atomic mass is 9.97. The SMILES string of the molecule is COc1ccc(Cl)cc1C[C@H]1CNC(=S)CN(C(=O)N[C@H](c2ccc(C(=O)OC(C)(C)C)cc2)C(C)N)C1=O. The Morgan fingerprint density at radius 1 is 1.23 bits per heavy atom. The maximum Gasteiger partial charge on any atom is 0.338 e. The van der Waals surface area contributed by atoms with Gasteiger partial charge in [-0.1, -0.05) is 36.0 Å². The molecule has 1 fully saturated rings. The summed E-state index contributed by atoms with van der Waals surface area (Å²) in [6, 6.07) is 10.1. The number of urea groups is 1. The Hall–Kier alpha value is -3.21. The van der Waals surface area contributed by atoms with E-state index in [1.807, 2.05) is 0 Å². The summed E-state index contributed by atoms with van der Waals surface area (Å²) >= 11 is 11.5. The second-order valence-corrected chi connectivity index (χ2v) is 11.4. The highest BCUT2D eigenvalue weighted by atomic mass is 35.5. The minimum Gasteiger partial charge on any atom is -0.496 e. The number of ether oxygens (including phenoxy) is 2. The molecule has 3 rings (SSSR count). The van der Waals surface area contributed by atoms with Crippen LogP contribution < -0.4 is 21.1 Å². The summed E-state index contributed by atoms with van der Waals surface area (Å²) in [6.45, 7) is 7.33. The van der Waals surface area contributed by atoms with Crippen molar-refractivity contribution < 1.29 is 23.9 Å². The molecule has 0 aliphatic carbocycles. The molecule has 2 aromatic rings. The lowest BCUT2D eigenvalue weighted by Gasteiger charge is -2.28. The minimum absolute atomic E-state index is 0.0631. The number of amides is 3. The van der Waals surface area contributed by atoms with Gasteiger partial charge in [0.15, 0.2) is 0 Å². The Kier molecular flexibility index (Phi) is 9.93. The topological polar surface area (TPSA) is 123 Å². The lowest BCUT2D eigenvalue weighted by Crippen LogP contribution is -2.50. The highest BCUT2D eigenvalue weighted by Crippen LogP contribution is 2.27. The van der Waals surface area contributed by atoms with E-state index in [0.29, 0.717) is 33.3 Å². The van der Waals surface area contributed by atoms with Crippen molar-refractivity contribution >= 4 is 46.7 Å². The van der Waals surface area contributed by atoms with Crippen LogP contribution in [0.15, 0.2) is 42.5 Å². The van der Waals surface area contributed by atoms with Crippen LogP contribution in [0.5, 0.6) is 5.75 Å². The summed E-state index contributed by atoms with van der Waals surface area (Å²) in [6.07, 6.45) is 0.296. The summed E-state index contributed by atoms with van der Waals surface area (Å²) in [5, 5.41) is 6.46. The van der Waals surface area contributed by atoms with E-state index in [9.17, 15) is 14.4 Å². The molecule has 9 nitrogen and oxygen atoms in total. The fraction of sp³-hybridized carbons (Fsp3) is 0.429. The Morgan fingerprint density at radius 2 is 1.90 bits per heavy atom. The van der Waals surface area contributed by atoms with E-state index in [1.54, 1.807) is 77.3 Å². The van der Waals surface area contributed by atoms with E-state index < -0.39 is 35.6 Å². The quantitative estimate of drug-likeness (QED) is 0.335. The molecule has 0 saturated carbocycles. The molecule has 0 bridgehead atoms. The highest BCUT2D eigenvalue weighted by molar-refractivity contribution is 7.80. The first-order valence-electron chi connectivity index (χ1n) is 12.6. The van der Waals surface area contributed by atoms with Gasteiger partial charge in [-0.15, -0.1) is 0 Å². The number of nitrogens with two attached hydrogens (primary N) is 1. The van der Waals surface area contributed by atoms with Crippen LogP contribution in [-0.2, 0) is 16.0 Å². The van der Waals surface area contributed by atoms with E-state index in [1.165, 1.54) is 0 Å². The normalized spacial score (nSPS) is 17.5. The number of benzene rings is 2. The number of hydrogen-bond acceptors (Lipinski definition) is 7. The Labute approximate surface area is 239 Å². The molecule has 0 radical (unpaired) electrons. The van der Waals surface area contributed by atoms with Crippen LogP contribution in [0, 0.1) is 5.92 Å². The van der Waals surface area contributed by atoms with Gasteiger partial charge in [-0.25, -0.2) is 9.59 Å². The average molecular weight is 575 g/mol. The molecule has 1 aliphatic heterocycles. The van der Waals surface area contributed by atoms with Crippen LogP contribution >= 0.6 is 23.8 Å². The first-order chi connectivity index (χ1) is 18.3. The highest BCUT2D eigenvalue weighted by Gasteiger charge is 2.35. The molecule has 39 heavy (non-hydrogen) atoms. The number of carbonyl (C=O) groups excluding carboxylic acids is 3. The average Bonchev–Trinajstić information content (AvgIpc) is 3.00. The maximum atomic E-state index is 13.6. The van der Waals surface area contributed by atoms with Crippen LogP contribution in [0.1, 0.15) is 55.2 Å². The third-order valence-electron chi connectivity index (χ3n) is 6.13. The van der Waals surface area contributed by atoms with Gasteiger partial charge in [0.05, 0.1) is 36.2 Å². The zero-order valence-corrected chi connectivity index (χ0v) is 24.3. The summed E-state index contributed by atoms with van der Waals surface area (Å²) in [7, 11) is 1.54. The van der Waals surface area contributed by atoms with Crippen molar-refractivity contribution in [2.24, 2.45) is 11.7 Å². The maximum absolute atomic E-state index is 13.6. The second kappa shape index (κ2) is 12.8. The van der Waals surface area contributed by atoms with Gasteiger partial charge in [0.2, 0.25) is 5.91 Å². The monoisotopic (exact) mass is 574 g/mol. The molecular formula is C28H35ClN4O5S. The molecule has 210 valence electrons.